The van der Waals surface area contributed by atoms with Crippen LogP contribution in [0.2, 0.25) is 5.02 Å². The van der Waals surface area contributed by atoms with Crippen LogP contribution < -0.4 is 15.8 Å². The van der Waals surface area contributed by atoms with Crippen molar-refractivity contribution in [1.82, 2.24) is 15.1 Å². The molecule has 1 saturated heterocycles. The van der Waals surface area contributed by atoms with E-state index in [2.05, 4.69) is 15.3 Å². The number of nitrogens with one attached hydrogen (secondary N) is 1. The quantitative estimate of drug-likeness (QED) is 0.697. The standard InChI is InChI=1S/C23H23ClN4O2/c1-16-7-5-6-10-19(16)22(29)26-17-11-13-27(14-12-17)20-15-25-28(23(30)21(20)24)18-8-3-2-4-9-18/h2-10,15,17H,11-14H2,1H3,(H,26,29). The summed E-state index contributed by atoms with van der Waals surface area (Å²) in [4.78, 5) is 27.3. The van der Waals surface area contributed by atoms with Gasteiger partial charge in [0.15, 0.2) is 0 Å². The lowest BCUT2D eigenvalue weighted by Crippen LogP contribution is -2.45. The molecule has 2 heterocycles. The Kier molecular flexibility index (Phi) is 5.86. The summed E-state index contributed by atoms with van der Waals surface area (Å²) in [6, 6.07) is 16.9. The van der Waals surface area contributed by atoms with Crippen molar-refractivity contribution >= 4 is 23.2 Å². The molecule has 6 nitrogen and oxygen atoms in total. The van der Waals surface area contributed by atoms with E-state index in [1.165, 1.54) is 4.68 Å². The molecule has 0 bridgehead atoms. The fourth-order valence-electron chi connectivity index (χ4n) is 3.75. The number of amides is 1. The van der Waals surface area contributed by atoms with E-state index in [0.29, 0.717) is 30.0 Å². The molecule has 1 amide bonds. The predicted octanol–water partition coefficient (Wildman–Crippen LogP) is 3.59. The third kappa shape index (κ3) is 4.09. The van der Waals surface area contributed by atoms with E-state index in [1.807, 2.05) is 61.5 Å². The first kappa shape index (κ1) is 20.2. The molecular weight excluding hydrogens is 400 g/mol. The maximum Gasteiger partial charge on any atom is 0.292 e. The zero-order valence-corrected chi connectivity index (χ0v) is 17.5. The lowest BCUT2D eigenvalue weighted by atomic mass is 10.0. The lowest BCUT2D eigenvalue weighted by molar-refractivity contribution is 0.0930. The number of hydrogen-bond donors (Lipinski definition) is 1. The normalized spacial score (nSPS) is 14.5. The van der Waals surface area contributed by atoms with Gasteiger partial charge < -0.3 is 10.2 Å². The van der Waals surface area contributed by atoms with Crippen LogP contribution in [0.3, 0.4) is 0 Å². The molecule has 0 radical (unpaired) electrons. The predicted molar refractivity (Wildman–Crippen MR) is 119 cm³/mol. The number of carbonyl (C=O) groups is 1. The molecule has 4 rings (SSSR count). The molecule has 1 fully saturated rings. The highest BCUT2D eigenvalue weighted by molar-refractivity contribution is 6.33. The summed E-state index contributed by atoms with van der Waals surface area (Å²) in [6.45, 7) is 3.31. The molecule has 0 aliphatic carbocycles. The first-order valence-corrected chi connectivity index (χ1v) is 10.4. The molecule has 0 unspecified atom stereocenters. The van der Waals surface area contributed by atoms with Crippen LogP contribution in [0.4, 0.5) is 5.69 Å². The molecule has 3 aromatic rings. The molecule has 0 spiro atoms. The smallest absolute Gasteiger partial charge is 0.292 e. The number of benzene rings is 2. The Labute approximate surface area is 180 Å². The number of hydrogen-bond acceptors (Lipinski definition) is 4. The summed E-state index contributed by atoms with van der Waals surface area (Å²) in [5.41, 5.74) is 2.64. The van der Waals surface area contributed by atoms with E-state index < -0.39 is 0 Å². The van der Waals surface area contributed by atoms with Gasteiger partial charge in [-0.1, -0.05) is 48.0 Å². The van der Waals surface area contributed by atoms with Crippen LogP contribution >= 0.6 is 11.6 Å². The minimum atomic E-state index is -0.338. The molecule has 1 aliphatic heterocycles. The van der Waals surface area contributed by atoms with Gasteiger partial charge in [0.2, 0.25) is 0 Å². The Morgan fingerprint density at radius 1 is 1.07 bits per heavy atom. The van der Waals surface area contributed by atoms with Crippen LogP contribution in [0.1, 0.15) is 28.8 Å². The van der Waals surface area contributed by atoms with E-state index in [1.54, 1.807) is 6.20 Å². The number of aromatic nitrogens is 2. The summed E-state index contributed by atoms with van der Waals surface area (Å²) in [5.74, 6) is -0.0447. The number of carbonyl (C=O) groups excluding carboxylic acids is 1. The second-order valence-corrected chi connectivity index (χ2v) is 7.82. The molecule has 2 aromatic carbocycles. The number of aryl methyl sites for hydroxylation is 1. The largest absolute Gasteiger partial charge is 0.369 e. The first-order valence-electron chi connectivity index (χ1n) is 9.99. The highest BCUT2D eigenvalue weighted by atomic mass is 35.5. The lowest BCUT2D eigenvalue weighted by Gasteiger charge is -2.34. The number of nitrogens with zero attached hydrogens (tertiary/aromatic N) is 3. The highest BCUT2D eigenvalue weighted by Gasteiger charge is 2.24. The minimum Gasteiger partial charge on any atom is -0.369 e. The summed E-state index contributed by atoms with van der Waals surface area (Å²) < 4.78 is 1.31. The molecule has 154 valence electrons. The van der Waals surface area contributed by atoms with Crippen molar-refractivity contribution in [3.8, 4) is 5.69 Å². The van der Waals surface area contributed by atoms with Gasteiger partial charge in [-0.05, 0) is 43.5 Å². The SMILES string of the molecule is Cc1ccccc1C(=O)NC1CCN(c2cnn(-c3ccccc3)c(=O)c2Cl)CC1. The summed E-state index contributed by atoms with van der Waals surface area (Å²) >= 11 is 6.42. The van der Waals surface area contributed by atoms with Crippen LogP contribution in [0.15, 0.2) is 65.6 Å². The second-order valence-electron chi connectivity index (χ2n) is 7.45. The zero-order chi connectivity index (χ0) is 21.1. The number of piperidine rings is 1. The van der Waals surface area contributed by atoms with Crippen LogP contribution in [0.5, 0.6) is 0 Å². The van der Waals surface area contributed by atoms with E-state index in [0.717, 1.165) is 18.4 Å². The Bertz CT molecular complexity index is 1110. The summed E-state index contributed by atoms with van der Waals surface area (Å²) in [7, 11) is 0. The summed E-state index contributed by atoms with van der Waals surface area (Å²) in [6.07, 6.45) is 3.19. The third-order valence-corrected chi connectivity index (χ3v) is 5.82. The number of anilines is 1. The zero-order valence-electron chi connectivity index (χ0n) is 16.7. The van der Waals surface area contributed by atoms with Crippen molar-refractivity contribution in [3.05, 3.63) is 87.3 Å². The van der Waals surface area contributed by atoms with Gasteiger partial charge >= 0.3 is 0 Å². The fraction of sp³-hybridized carbons (Fsp3) is 0.261. The highest BCUT2D eigenvalue weighted by Crippen LogP contribution is 2.25. The van der Waals surface area contributed by atoms with Crippen LogP contribution in [0.25, 0.3) is 5.69 Å². The first-order chi connectivity index (χ1) is 14.5. The molecular formula is C23H23ClN4O2. The Balaban J connectivity index is 1.43. The minimum absolute atomic E-state index is 0.0447. The van der Waals surface area contributed by atoms with Gasteiger partial charge in [0.25, 0.3) is 11.5 Å². The molecule has 7 heteroatoms. The van der Waals surface area contributed by atoms with Gasteiger partial charge in [-0.3, -0.25) is 9.59 Å². The van der Waals surface area contributed by atoms with Gasteiger partial charge in [-0.25, -0.2) is 0 Å². The van der Waals surface area contributed by atoms with E-state index in [4.69, 9.17) is 11.6 Å². The topological polar surface area (TPSA) is 67.2 Å². The maximum absolute atomic E-state index is 12.7. The summed E-state index contributed by atoms with van der Waals surface area (Å²) in [5, 5.41) is 7.60. The average molecular weight is 423 g/mol. The number of rotatable bonds is 4. The maximum atomic E-state index is 12.7. The molecule has 1 aromatic heterocycles. The molecule has 1 N–H and O–H groups in total. The average Bonchev–Trinajstić information content (AvgIpc) is 2.77. The van der Waals surface area contributed by atoms with Crippen molar-refractivity contribution in [2.75, 3.05) is 18.0 Å². The fourth-order valence-corrected chi connectivity index (χ4v) is 4.00. The van der Waals surface area contributed by atoms with Crippen LogP contribution in [-0.4, -0.2) is 34.8 Å². The van der Waals surface area contributed by atoms with Crippen LogP contribution in [-0.2, 0) is 0 Å². The van der Waals surface area contributed by atoms with Gasteiger partial charge in [0.05, 0.1) is 17.6 Å². The van der Waals surface area contributed by atoms with Gasteiger partial charge in [-0.15, -0.1) is 0 Å². The van der Waals surface area contributed by atoms with E-state index >= 15 is 0 Å². The number of para-hydroxylation sites is 1. The Hall–Kier alpha value is -3.12. The number of halogens is 1. The van der Waals surface area contributed by atoms with E-state index in [9.17, 15) is 9.59 Å². The molecule has 0 saturated carbocycles. The van der Waals surface area contributed by atoms with Crippen LogP contribution in [0, 0.1) is 6.92 Å². The van der Waals surface area contributed by atoms with Gasteiger partial charge in [0, 0.05) is 24.7 Å². The molecule has 1 aliphatic rings. The van der Waals surface area contributed by atoms with Gasteiger partial charge in [-0.2, -0.15) is 9.78 Å². The van der Waals surface area contributed by atoms with Crippen molar-refractivity contribution in [2.45, 2.75) is 25.8 Å². The molecule has 0 atom stereocenters. The third-order valence-electron chi connectivity index (χ3n) is 5.46. The van der Waals surface area contributed by atoms with Crippen molar-refractivity contribution in [1.29, 1.82) is 0 Å². The van der Waals surface area contributed by atoms with Gasteiger partial charge in [0.1, 0.15) is 5.02 Å². The monoisotopic (exact) mass is 422 g/mol. The Morgan fingerprint density at radius 2 is 1.73 bits per heavy atom. The van der Waals surface area contributed by atoms with E-state index in [-0.39, 0.29) is 22.5 Å². The second kappa shape index (κ2) is 8.71. The van der Waals surface area contributed by atoms with Crippen molar-refractivity contribution < 1.29 is 4.79 Å². The Morgan fingerprint density at radius 3 is 2.43 bits per heavy atom. The molecule has 30 heavy (non-hydrogen) atoms. The van der Waals surface area contributed by atoms with Crippen molar-refractivity contribution in [3.63, 3.8) is 0 Å². The van der Waals surface area contributed by atoms with Crippen molar-refractivity contribution in [2.24, 2.45) is 0 Å².